The molecule has 40 heavy (non-hydrogen) atoms. The Morgan fingerprint density at radius 3 is 2.70 bits per heavy atom. The fourth-order valence-corrected chi connectivity index (χ4v) is 6.49. The molecule has 2 aliphatic heterocycles. The lowest BCUT2D eigenvalue weighted by Crippen LogP contribution is -2.41. The molecule has 6 heterocycles. The van der Waals surface area contributed by atoms with Gasteiger partial charge in [0.1, 0.15) is 36.0 Å². The summed E-state index contributed by atoms with van der Waals surface area (Å²) in [4.78, 5) is 46.2. The fourth-order valence-electron chi connectivity index (χ4n) is 4.95. The van der Waals surface area contributed by atoms with Gasteiger partial charge >= 0.3 is 6.72 Å². The number of imidazole rings is 2. The van der Waals surface area contributed by atoms with Gasteiger partial charge in [-0.1, -0.05) is 0 Å². The van der Waals surface area contributed by atoms with Crippen LogP contribution in [0.2, 0.25) is 0 Å². The molecular weight excluding hydrogens is 567 g/mol. The van der Waals surface area contributed by atoms with Crippen LogP contribution in [-0.2, 0) is 30.3 Å². The average Bonchev–Trinajstić information content (AvgIpc) is 3.68. The van der Waals surface area contributed by atoms with Gasteiger partial charge in [-0.2, -0.15) is 4.98 Å². The van der Waals surface area contributed by atoms with Gasteiger partial charge in [-0.3, -0.25) is 18.9 Å². The smallest absolute Gasteiger partial charge is 0.324 e. The first-order valence-corrected chi connectivity index (χ1v) is 14.9. The van der Waals surface area contributed by atoms with Crippen molar-refractivity contribution in [2.24, 2.45) is 0 Å². The summed E-state index contributed by atoms with van der Waals surface area (Å²) < 4.78 is 27.0. The molecule has 19 heteroatoms. The quantitative estimate of drug-likeness (QED) is 0.170. The molecule has 4 aromatic rings. The molecule has 1 unspecified atom stereocenters. The molecule has 214 valence electrons. The van der Waals surface area contributed by atoms with Gasteiger partial charge < -0.3 is 40.0 Å². The van der Waals surface area contributed by atoms with E-state index in [9.17, 15) is 14.8 Å². The number of hydrogen-bond acceptors (Lipinski definition) is 14. The third kappa shape index (κ3) is 4.86. The third-order valence-electron chi connectivity index (χ3n) is 7.04. The van der Waals surface area contributed by atoms with Crippen molar-refractivity contribution in [2.45, 2.75) is 56.5 Å². The molecule has 17 nitrogen and oxygen atoms in total. The van der Waals surface area contributed by atoms with Gasteiger partial charge in [0.2, 0.25) is 5.95 Å². The van der Waals surface area contributed by atoms with Gasteiger partial charge in [-0.25, -0.2) is 19.9 Å². The van der Waals surface area contributed by atoms with Crippen LogP contribution in [-0.4, -0.2) is 80.1 Å². The Bertz CT molecular complexity index is 1680. The maximum atomic E-state index is 12.2. The van der Waals surface area contributed by atoms with E-state index in [2.05, 4.69) is 29.9 Å². The molecule has 0 aromatic carbocycles. The molecule has 0 radical (unpaired) electrons. The molecule has 0 bridgehead atoms. The zero-order valence-corrected chi connectivity index (χ0v) is 22.9. The van der Waals surface area contributed by atoms with Crippen molar-refractivity contribution in [1.82, 2.24) is 39.0 Å². The van der Waals surface area contributed by atoms with Gasteiger partial charge in [0.05, 0.1) is 32.0 Å². The van der Waals surface area contributed by atoms with Gasteiger partial charge in [0.25, 0.3) is 5.56 Å². The van der Waals surface area contributed by atoms with Crippen LogP contribution < -0.4 is 17.0 Å². The largest absolute Gasteiger partial charge is 0.393 e. The van der Waals surface area contributed by atoms with E-state index in [4.69, 9.17) is 41.8 Å². The predicted octanol–water partition coefficient (Wildman–Crippen LogP) is 0.0900. The highest BCUT2D eigenvalue weighted by atomic mass is 32.5. The molecule has 2 aliphatic rings. The van der Waals surface area contributed by atoms with Crippen molar-refractivity contribution in [1.29, 1.82) is 0 Å². The number of nitrogen functional groups attached to an aromatic ring is 2. The van der Waals surface area contributed by atoms with E-state index in [-0.39, 0.29) is 48.3 Å². The zero-order valence-electron chi connectivity index (χ0n) is 21.2. The number of aromatic amines is 1. The minimum absolute atomic E-state index is 0.0149. The van der Waals surface area contributed by atoms with Gasteiger partial charge in [0, 0.05) is 6.42 Å². The lowest BCUT2D eigenvalue weighted by Gasteiger charge is -2.30. The molecule has 2 saturated heterocycles. The Morgan fingerprint density at radius 1 is 1.18 bits per heavy atom. The first-order chi connectivity index (χ1) is 19.1. The molecule has 2 fully saturated rings. The van der Waals surface area contributed by atoms with Gasteiger partial charge in [0.15, 0.2) is 22.6 Å². The first kappa shape index (κ1) is 27.1. The van der Waals surface area contributed by atoms with Gasteiger partial charge in [-0.05, 0) is 31.6 Å². The number of aliphatic hydroxyl groups is 1. The minimum Gasteiger partial charge on any atom is -0.393 e. The summed E-state index contributed by atoms with van der Waals surface area (Å²) in [5.74, 6) is 0.201. The second-order valence-electron chi connectivity index (χ2n) is 9.79. The Morgan fingerprint density at radius 2 is 1.93 bits per heavy atom. The average molecular weight is 595 g/mol. The molecule has 7 N–H and O–H groups in total. The monoisotopic (exact) mass is 594 g/mol. The first-order valence-electron chi connectivity index (χ1n) is 12.3. The van der Waals surface area contributed by atoms with Crippen molar-refractivity contribution >= 4 is 52.6 Å². The van der Waals surface area contributed by atoms with E-state index in [1.807, 2.05) is 0 Å². The van der Waals surface area contributed by atoms with Crippen LogP contribution in [0.3, 0.4) is 0 Å². The number of aromatic nitrogens is 8. The molecule has 0 aliphatic carbocycles. The Labute approximate surface area is 230 Å². The summed E-state index contributed by atoms with van der Waals surface area (Å²) in [6.07, 6.45) is 3.47. The maximum Gasteiger partial charge on any atom is 0.324 e. The SMILES string of the molecule is C[C@]1(CO)O[C@@H](n2cnc3c(=O)[nH]c(N)nc32)C[C@@H]1OP(O)(=S)OC[C@@H]1CC[C@H](n2cnc3c(N)ncnc32)O1. The second-order valence-corrected chi connectivity index (χ2v) is 12.6. The molecule has 4 aromatic heterocycles. The lowest BCUT2D eigenvalue weighted by atomic mass is 10.0. The summed E-state index contributed by atoms with van der Waals surface area (Å²) >= 11 is 5.29. The van der Waals surface area contributed by atoms with Crippen LogP contribution in [0.5, 0.6) is 0 Å². The standard InChI is InChI=1S/C21H27N10O7PS/c1-21(6-32)11(4-13(37-21)31-9-27-15-18(31)28-20(23)29-19(15)33)38-39(34,40)35-5-10-2-3-12(36-10)30-8-26-14-16(22)24-7-25-17(14)30/h7-13,32H,2-6H2,1H3,(H,34,40)(H2,22,24,25)(H3,23,28,29,33)/t10-,11-,12+,13+,21+,39?/m0/s1. The van der Waals surface area contributed by atoms with E-state index in [0.717, 1.165) is 0 Å². The second kappa shape index (κ2) is 10.1. The Balaban J connectivity index is 1.11. The summed E-state index contributed by atoms with van der Waals surface area (Å²) in [5.41, 5.74) is 11.2. The lowest BCUT2D eigenvalue weighted by molar-refractivity contribution is -0.112. The topological polar surface area (TPSA) is 237 Å². The summed E-state index contributed by atoms with van der Waals surface area (Å²) in [6.45, 7) is -2.62. The number of aliphatic hydroxyl groups excluding tert-OH is 1. The molecule has 0 amide bonds. The van der Waals surface area contributed by atoms with Crippen molar-refractivity contribution in [3.8, 4) is 0 Å². The predicted molar refractivity (Wildman–Crippen MR) is 143 cm³/mol. The number of H-pyrrole nitrogens is 1. The van der Waals surface area contributed by atoms with E-state index in [1.54, 1.807) is 17.8 Å². The van der Waals surface area contributed by atoms with Crippen molar-refractivity contribution in [2.75, 3.05) is 24.7 Å². The van der Waals surface area contributed by atoms with Crippen LogP contribution in [0.15, 0.2) is 23.8 Å². The van der Waals surface area contributed by atoms with E-state index in [1.165, 1.54) is 17.2 Å². The van der Waals surface area contributed by atoms with E-state index < -0.39 is 36.8 Å². The summed E-state index contributed by atoms with van der Waals surface area (Å²) in [6, 6.07) is 0. The van der Waals surface area contributed by atoms with Crippen LogP contribution >= 0.6 is 6.72 Å². The number of nitrogens with two attached hydrogens (primary N) is 2. The number of fused-ring (bicyclic) bond motifs is 2. The highest BCUT2D eigenvalue weighted by molar-refractivity contribution is 8.07. The number of nitrogens with zero attached hydrogens (tertiary/aromatic N) is 7. The minimum atomic E-state index is -3.79. The third-order valence-corrected chi connectivity index (χ3v) is 8.61. The number of rotatable bonds is 8. The molecule has 6 atom stereocenters. The summed E-state index contributed by atoms with van der Waals surface area (Å²) in [5, 5.41) is 10.1. The van der Waals surface area contributed by atoms with Crippen LogP contribution in [0.1, 0.15) is 38.6 Å². The molecule has 0 spiro atoms. The number of nitrogens with one attached hydrogen (secondary N) is 1. The van der Waals surface area contributed by atoms with Crippen LogP contribution in [0.4, 0.5) is 11.8 Å². The van der Waals surface area contributed by atoms with Crippen molar-refractivity contribution < 1.29 is 28.5 Å². The number of anilines is 2. The van der Waals surface area contributed by atoms with Crippen molar-refractivity contribution in [3.05, 3.63) is 29.3 Å². The molecule has 0 saturated carbocycles. The van der Waals surface area contributed by atoms with Crippen molar-refractivity contribution in [3.63, 3.8) is 0 Å². The zero-order chi connectivity index (χ0) is 28.2. The Hall–Kier alpha value is -3.09. The van der Waals surface area contributed by atoms with E-state index >= 15 is 0 Å². The number of ether oxygens (including phenoxy) is 2. The van der Waals surface area contributed by atoms with Crippen LogP contribution in [0.25, 0.3) is 22.3 Å². The fraction of sp³-hybridized carbons (Fsp3) is 0.524. The molecule has 6 rings (SSSR count). The Kier molecular flexibility index (Phi) is 6.82. The van der Waals surface area contributed by atoms with Gasteiger partial charge in [-0.15, -0.1) is 0 Å². The summed E-state index contributed by atoms with van der Waals surface area (Å²) in [7, 11) is 0. The van der Waals surface area contributed by atoms with E-state index in [0.29, 0.717) is 24.0 Å². The highest BCUT2D eigenvalue weighted by Crippen LogP contribution is 2.51. The highest BCUT2D eigenvalue weighted by Gasteiger charge is 2.49. The van der Waals surface area contributed by atoms with Crippen LogP contribution in [0, 0.1) is 0 Å². The maximum absolute atomic E-state index is 12.2. The molecular formula is C21H27N10O7PS. The normalized spacial score (nSPS) is 28.5. The number of hydrogen-bond donors (Lipinski definition) is 5.